The molecule has 1 aromatic heterocycles. The van der Waals surface area contributed by atoms with Crippen LogP contribution in [0.4, 0.5) is 5.82 Å². The average Bonchev–Trinajstić information content (AvgIpc) is 3.26. The normalized spacial score (nSPS) is 23.6. The second-order valence-electron chi connectivity index (χ2n) is 6.34. The molecule has 0 aromatic carbocycles. The zero-order valence-corrected chi connectivity index (χ0v) is 12.4. The van der Waals surface area contributed by atoms with Gasteiger partial charge in [-0.15, -0.1) is 0 Å². The number of nitrogens with zero attached hydrogens (tertiary/aromatic N) is 2. The molecule has 2 aliphatic rings. The Bertz CT molecular complexity index is 507. The summed E-state index contributed by atoms with van der Waals surface area (Å²) >= 11 is 0. The Morgan fingerprint density at radius 1 is 1.30 bits per heavy atom. The number of hydrogen-bond donors (Lipinski definition) is 1. The van der Waals surface area contributed by atoms with Crippen molar-refractivity contribution in [3.05, 3.63) is 22.2 Å². The Kier molecular flexibility index (Phi) is 4.08. The van der Waals surface area contributed by atoms with E-state index in [-0.39, 0.29) is 5.56 Å². The van der Waals surface area contributed by atoms with Crippen LogP contribution in [-0.4, -0.2) is 23.1 Å². The molecular weight excluding hydrogens is 250 g/mol. The zero-order chi connectivity index (χ0) is 13.9. The molecule has 4 heteroatoms. The molecule has 2 fully saturated rings. The van der Waals surface area contributed by atoms with E-state index in [9.17, 15) is 4.79 Å². The summed E-state index contributed by atoms with van der Waals surface area (Å²) in [4.78, 5) is 21.7. The summed E-state index contributed by atoms with van der Waals surface area (Å²) in [6, 6.07) is 1.67. The highest BCUT2D eigenvalue weighted by Crippen LogP contribution is 2.38. The van der Waals surface area contributed by atoms with Crippen LogP contribution in [-0.2, 0) is 0 Å². The lowest BCUT2D eigenvalue weighted by molar-refractivity contribution is 0.435. The molecule has 2 heterocycles. The van der Waals surface area contributed by atoms with Crippen LogP contribution in [0.5, 0.6) is 0 Å². The summed E-state index contributed by atoms with van der Waals surface area (Å²) in [6.07, 6.45) is 8.74. The third kappa shape index (κ3) is 3.22. The third-order valence-electron chi connectivity index (χ3n) is 4.58. The molecule has 1 N–H and O–H groups in total. The maximum Gasteiger partial charge on any atom is 0.252 e. The highest BCUT2D eigenvalue weighted by Gasteiger charge is 2.27. The second-order valence-corrected chi connectivity index (χ2v) is 6.34. The number of aromatic amines is 1. The SMILES string of the molecule is CCCC1CCCN(c2cc(=O)[nH]c(C3CC3)n2)CC1. The van der Waals surface area contributed by atoms with Crippen LogP contribution in [0, 0.1) is 5.92 Å². The number of rotatable bonds is 4. The van der Waals surface area contributed by atoms with E-state index >= 15 is 0 Å². The van der Waals surface area contributed by atoms with E-state index in [0.717, 1.165) is 30.6 Å². The first kappa shape index (κ1) is 13.7. The van der Waals surface area contributed by atoms with Crippen molar-refractivity contribution in [2.45, 2.75) is 57.8 Å². The minimum absolute atomic E-state index is 0.00579. The van der Waals surface area contributed by atoms with Gasteiger partial charge in [0.1, 0.15) is 11.6 Å². The van der Waals surface area contributed by atoms with Crippen LogP contribution >= 0.6 is 0 Å². The minimum atomic E-state index is 0.00579. The summed E-state index contributed by atoms with van der Waals surface area (Å²) in [6.45, 7) is 4.36. The number of H-pyrrole nitrogens is 1. The van der Waals surface area contributed by atoms with Crippen LogP contribution in [0.2, 0.25) is 0 Å². The minimum Gasteiger partial charge on any atom is -0.356 e. The molecule has 0 spiro atoms. The van der Waals surface area contributed by atoms with Crippen molar-refractivity contribution >= 4 is 5.82 Å². The number of hydrogen-bond acceptors (Lipinski definition) is 3. The molecule has 0 amide bonds. The smallest absolute Gasteiger partial charge is 0.252 e. The fourth-order valence-corrected chi connectivity index (χ4v) is 3.27. The lowest BCUT2D eigenvalue weighted by atomic mass is 9.96. The molecule has 0 radical (unpaired) electrons. The molecular formula is C16H25N3O. The van der Waals surface area contributed by atoms with Crippen LogP contribution in [0.15, 0.2) is 10.9 Å². The van der Waals surface area contributed by atoms with Crippen molar-refractivity contribution in [2.24, 2.45) is 5.92 Å². The van der Waals surface area contributed by atoms with Crippen molar-refractivity contribution in [3.63, 3.8) is 0 Å². The summed E-state index contributed by atoms with van der Waals surface area (Å²) in [5.74, 6) is 3.16. The summed E-state index contributed by atoms with van der Waals surface area (Å²) in [5.41, 5.74) is 0.00579. The molecule has 1 aliphatic heterocycles. The van der Waals surface area contributed by atoms with Gasteiger partial charge in [-0.2, -0.15) is 0 Å². The van der Waals surface area contributed by atoms with E-state index < -0.39 is 0 Å². The Balaban J connectivity index is 1.73. The van der Waals surface area contributed by atoms with Gasteiger partial charge in [-0.3, -0.25) is 4.79 Å². The maximum absolute atomic E-state index is 11.8. The quantitative estimate of drug-likeness (QED) is 0.918. The highest BCUT2D eigenvalue weighted by molar-refractivity contribution is 5.38. The second kappa shape index (κ2) is 5.98. The molecule has 1 atom stereocenters. The van der Waals surface area contributed by atoms with Gasteiger partial charge in [0.25, 0.3) is 5.56 Å². The first-order valence-corrected chi connectivity index (χ1v) is 8.12. The lowest BCUT2D eigenvalue weighted by Crippen LogP contribution is -2.27. The van der Waals surface area contributed by atoms with E-state index in [1.165, 1.54) is 44.9 Å². The van der Waals surface area contributed by atoms with Gasteiger partial charge in [0.15, 0.2) is 0 Å². The van der Waals surface area contributed by atoms with Crippen molar-refractivity contribution in [2.75, 3.05) is 18.0 Å². The fraction of sp³-hybridized carbons (Fsp3) is 0.750. The van der Waals surface area contributed by atoms with Gasteiger partial charge < -0.3 is 9.88 Å². The van der Waals surface area contributed by atoms with Crippen LogP contribution in [0.3, 0.4) is 0 Å². The summed E-state index contributed by atoms with van der Waals surface area (Å²) in [5, 5.41) is 0. The predicted molar refractivity (Wildman–Crippen MR) is 81.3 cm³/mol. The van der Waals surface area contributed by atoms with Crippen molar-refractivity contribution in [1.29, 1.82) is 0 Å². The van der Waals surface area contributed by atoms with Gasteiger partial charge in [0.05, 0.1) is 0 Å². The van der Waals surface area contributed by atoms with Gasteiger partial charge in [-0.05, 0) is 38.0 Å². The van der Waals surface area contributed by atoms with Gasteiger partial charge >= 0.3 is 0 Å². The monoisotopic (exact) mass is 275 g/mol. The molecule has 110 valence electrons. The van der Waals surface area contributed by atoms with E-state index in [1.807, 2.05) is 0 Å². The van der Waals surface area contributed by atoms with E-state index in [2.05, 4.69) is 16.8 Å². The van der Waals surface area contributed by atoms with Crippen molar-refractivity contribution in [1.82, 2.24) is 9.97 Å². The van der Waals surface area contributed by atoms with Crippen LogP contribution in [0.1, 0.15) is 63.6 Å². The molecule has 1 saturated carbocycles. The Morgan fingerprint density at radius 2 is 2.15 bits per heavy atom. The molecule has 4 nitrogen and oxygen atoms in total. The fourth-order valence-electron chi connectivity index (χ4n) is 3.27. The van der Waals surface area contributed by atoms with Crippen molar-refractivity contribution in [3.8, 4) is 0 Å². The first-order valence-electron chi connectivity index (χ1n) is 8.12. The lowest BCUT2D eigenvalue weighted by Gasteiger charge is -2.22. The Hall–Kier alpha value is -1.32. The van der Waals surface area contributed by atoms with Gasteiger partial charge in [0.2, 0.25) is 0 Å². The van der Waals surface area contributed by atoms with Gasteiger partial charge in [-0.25, -0.2) is 4.98 Å². The topological polar surface area (TPSA) is 49.0 Å². The number of aromatic nitrogens is 2. The van der Waals surface area contributed by atoms with Crippen LogP contribution < -0.4 is 10.5 Å². The molecule has 1 saturated heterocycles. The molecule has 1 aliphatic carbocycles. The van der Waals surface area contributed by atoms with E-state index in [1.54, 1.807) is 6.07 Å². The predicted octanol–water partition coefficient (Wildman–Crippen LogP) is 3.05. The summed E-state index contributed by atoms with van der Waals surface area (Å²) in [7, 11) is 0. The van der Waals surface area contributed by atoms with E-state index in [4.69, 9.17) is 4.98 Å². The van der Waals surface area contributed by atoms with Gasteiger partial charge in [-0.1, -0.05) is 19.8 Å². The molecule has 1 aromatic rings. The molecule has 20 heavy (non-hydrogen) atoms. The van der Waals surface area contributed by atoms with Crippen molar-refractivity contribution < 1.29 is 0 Å². The third-order valence-corrected chi connectivity index (χ3v) is 4.58. The largest absolute Gasteiger partial charge is 0.356 e. The maximum atomic E-state index is 11.8. The van der Waals surface area contributed by atoms with Gasteiger partial charge in [0, 0.05) is 25.1 Å². The molecule has 0 bridgehead atoms. The highest BCUT2D eigenvalue weighted by atomic mass is 16.1. The molecule has 3 rings (SSSR count). The average molecular weight is 275 g/mol. The van der Waals surface area contributed by atoms with E-state index in [0.29, 0.717) is 5.92 Å². The zero-order valence-electron chi connectivity index (χ0n) is 12.4. The number of nitrogens with one attached hydrogen (secondary N) is 1. The number of anilines is 1. The molecule has 1 unspecified atom stereocenters. The standard InChI is InChI=1S/C16H25N3O/c1-2-4-12-5-3-9-19(10-8-12)14-11-15(20)18-16(17-14)13-6-7-13/h11-13H,2-10H2,1H3,(H,17,18,20). The Morgan fingerprint density at radius 3 is 2.90 bits per heavy atom. The summed E-state index contributed by atoms with van der Waals surface area (Å²) < 4.78 is 0. The van der Waals surface area contributed by atoms with Crippen LogP contribution in [0.25, 0.3) is 0 Å². The Labute approximate surface area is 120 Å². The first-order chi connectivity index (χ1) is 9.76.